The van der Waals surface area contributed by atoms with Crippen LogP contribution < -0.4 is 5.32 Å². The molecule has 1 unspecified atom stereocenters. The molecule has 1 amide bonds. The van der Waals surface area contributed by atoms with Gasteiger partial charge in [0.25, 0.3) is 0 Å². The summed E-state index contributed by atoms with van der Waals surface area (Å²) in [5, 5.41) is 3.15. The Balaban J connectivity index is 1.57. The highest BCUT2D eigenvalue weighted by atomic mass is 19.1. The van der Waals surface area contributed by atoms with E-state index in [1.165, 1.54) is 12.1 Å². The summed E-state index contributed by atoms with van der Waals surface area (Å²) in [7, 11) is 1.89. The maximum absolute atomic E-state index is 13.0. The van der Waals surface area contributed by atoms with E-state index >= 15 is 0 Å². The van der Waals surface area contributed by atoms with Crippen molar-refractivity contribution in [1.82, 2.24) is 15.2 Å². The number of pyridine rings is 1. The number of likely N-dealkylation sites (N-methyl/N-ethyl adjacent to an activating group) is 1. The van der Waals surface area contributed by atoms with E-state index in [1.54, 1.807) is 12.1 Å². The van der Waals surface area contributed by atoms with E-state index < -0.39 is 0 Å². The summed E-state index contributed by atoms with van der Waals surface area (Å²) in [5.74, 6) is 0.229. The number of carbonyl (C=O) groups is 1. The van der Waals surface area contributed by atoms with Crippen molar-refractivity contribution in [3.63, 3.8) is 0 Å². The van der Waals surface area contributed by atoms with Crippen LogP contribution in [-0.2, 0) is 11.3 Å². The van der Waals surface area contributed by atoms with Crippen molar-refractivity contribution in [2.75, 3.05) is 13.6 Å². The van der Waals surface area contributed by atoms with Gasteiger partial charge in [0, 0.05) is 12.2 Å². The minimum absolute atomic E-state index is 0.00776. The monoisotopic (exact) mass is 341 g/mol. The lowest BCUT2D eigenvalue weighted by molar-refractivity contribution is -0.123. The second-order valence-corrected chi connectivity index (χ2v) is 6.89. The molecular formula is C20H24FN3O. The number of halogens is 1. The fourth-order valence-corrected chi connectivity index (χ4v) is 3.02. The van der Waals surface area contributed by atoms with Crippen molar-refractivity contribution in [2.45, 2.75) is 32.4 Å². The highest BCUT2D eigenvalue weighted by Crippen LogP contribution is 2.40. The van der Waals surface area contributed by atoms with Gasteiger partial charge in [0.15, 0.2) is 0 Å². The molecule has 1 heterocycles. The summed E-state index contributed by atoms with van der Waals surface area (Å²) in [6.07, 6.45) is 2.26. The Hall–Kier alpha value is -2.27. The van der Waals surface area contributed by atoms with Gasteiger partial charge in [-0.3, -0.25) is 14.7 Å². The minimum Gasteiger partial charge on any atom is -0.346 e. The average Bonchev–Trinajstić information content (AvgIpc) is 3.39. The number of hydrogen-bond acceptors (Lipinski definition) is 3. The second kappa shape index (κ2) is 7.74. The van der Waals surface area contributed by atoms with Crippen LogP contribution in [0.3, 0.4) is 0 Å². The Labute approximate surface area is 148 Å². The number of carbonyl (C=O) groups excluding carboxylic acids is 1. The van der Waals surface area contributed by atoms with Gasteiger partial charge < -0.3 is 5.32 Å². The zero-order valence-electron chi connectivity index (χ0n) is 14.7. The van der Waals surface area contributed by atoms with Crippen molar-refractivity contribution < 1.29 is 9.18 Å². The maximum atomic E-state index is 13.0. The van der Waals surface area contributed by atoms with Crippen LogP contribution in [0.4, 0.5) is 4.39 Å². The van der Waals surface area contributed by atoms with Gasteiger partial charge in [0.1, 0.15) is 5.82 Å². The summed E-state index contributed by atoms with van der Waals surface area (Å²) in [6.45, 7) is 2.86. The first-order valence-electron chi connectivity index (χ1n) is 8.67. The van der Waals surface area contributed by atoms with E-state index in [-0.39, 0.29) is 17.8 Å². The summed E-state index contributed by atoms with van der Waals surface area (Å²) in [5.41, 5.74) is 2.89. The number of nitrogens with one attached hydrogen (secondary N) is 1. The Morgan fingerprint density at radius 3 is 2.64 bits per heavy atom. The molecule has 132 valence electrons. The van der Waals surface area contributed by atoms with Gasteiger partial charge in [-0.05, 0) is 62.6 Å². The van der Waals surface area contributed by atoms with Crippen LogP contribution in [0, 0.1) is 18.7 Å². The quantitative estimate of drug-likeness (QED) is 0.841. The summed E-state index contributed by atoms with van der Waals surface area (Å²) >= 11 is 0. The van der Waals surface area contributed by atoms with Gasteiger partial charge in [0.2, 0.25) is 5.91 Å². The molecule has 1 N–H and O–H groups in total. The molecule has 4 nitrogen and oxygen atoms in total. The topological polar surface area (TPSA) is 45.2 Å². The van der Waals surface area contributed by atoms with Gasteiger partial charge >= 0.3 is 0 Å². The standard InChI is InChI=1S/C20H24FN3O/c1-14-4-3-5-18(22-14)20(16-8-9-16)23-19(25)13-24(2)12-15-6-10-17(21)11-7-15/h3-7,10-11,16,20H,8-9,12-13H2,1-2H3,(H,23,25). The van der Waals surface area contributed by atoms with Crippen LogP contribution in [0.2, 0.25) is 0 Å². The maximum Gasteiger partial charge on any atom is 0.234 e. The van der Waals surface area contributed by atoms with Crippen molar-refractivity contribution in [1.29, 1.82) is 0 Å². The first-order valence-corrected chi connectivity index (χ1v) is 8.67. The first-order chi connectivity index (χ1) is 12.0. The van der Waals surface area contributed by atoms with Gasteiger partial charge in [-0.1, -0.05) is 18.2 Å². The van der Waals surface area contributed by atoms with E-state index in [9.17, 15) is 9.18 Å². The molecule has 1 fully saturated rings. The Kier molecular flexibility index (Phi) is 5.43. The third-order valence-corrected chi connectivity index (χ3v) is 4.42. The number of benzene rings is 1. The van der Waals surface area contributed by atoms with Crippen molar-refractivity contribution in [3.05, 3.63) is 65.2 Å². The number of hydrogen-bond donors (Lipinski definition) is 1. The average molecular weight is 341 g/mol. The molecule has 1 atom stereocenters. The molecule has 1 saturated carbocycles. The Bertz CT molecular complexity index is 728. The molecule has 2 aromatic rings. The molecule has 0 aliphatic heterocycles. The predicted octanol–water partition coefficient (Wildman–Crippen LogP) is 3.23. The first kappa shape index (κ1) is 17.5. The van der Waals surface area contributed by atoms with E-state index in [4.69, 9.17) is 0 Å². The van der Waals surface area contributed by atoms with Crippen LogP contribution in [0.15, 0.2) is 42.5 Å². The predicted molar refractivity (Wildman–Crippen MR) is 95.3 cm³/mol. The van der Waals surface area contributed by atoms with Gasteiger partial charge in [-0.25, -0.2) is 4.39 Å². The molecule has 0 saturated heterocycles. The molecule has 1 aromatic carbocycles. The van der Waals surface area contributed by atoms with Gasteiger partial charge in [0.05, 0.1) is 18.3 Å². The van der Waals surface area contributed by atoms with Gasteiger partial charge in [-0.2, -0.15) is 0 Å². The molecule has 1 aliphatic rings. The Morgan fingerprint density at radius 2 is 2.00 bits per heavy atom. The molecule has 0 spiro atoms. The molecule has 1 aliphatic carbocycles. The lowest BCUT2D eigenvalue weighted by Crippen LogP contribution is -2.38. The summed E-state index contributed by atoms with van der Waals surface area (Å²) in [6, 6.07) is 12.3. The summed E-state index contributed by atoms with van der Waals surface area (Å²) < 4.78 is 13.0. The largest absolute Gasteiger partial charge is 0.346 e. The molecule has 1 aromatic heterocycles. The van der Waals surface area contributed by atoms with Crippen LogP contribution in [0.5, 0.6) is 0 Å². The van der Waals surface area contributed by atoms with Crippen molar-refractivity contribution in [3.8, 4) is 0 Å². The van der Waals surface area contributed by atoms with Crippen molar-refractivity contribution >= 4 is 5.91 Å². The van der Waals surface area contributed by atoms with E-state index in [0.717, 1.165) is 29.8 Å². The van der Waals surface area contributed by atoms with Crippen LogP contribution in [0.25, 0.3) is 0 Å². The normalized spacial score (nSPS) is 15.2. The SMILES string of the molecule is Cc1cccc(C(NC(=O)CN(C)Cc2ccc(F)cc2)C2CC2)n1. The highest BCUT2D eigenvalue weighted by molar-refractivity contribution is 5.78. The van der Waals surface area contributed by atoms with Crippen LogP contribution >= 0.6 is 0 Å². The van der Waals surface area contributed by atoms with Gasteiger partial charge in [-0.15, -0.1) is 0 Å². The number of rotatable bonds is 7. The zero-order chi connectivity index (χ0) is 17.8. The highest BCUT2D eigenvalue weighted by Gasteiger charge is 2.34. The lowest BCUT2D eigenvalue weighted by Gasteiger charge is -2.21. The number of amides is 1. The van der Waals surface area contributed by atoms with E-state index in [1.807, 2.05) is 37.1 Å². The minimum atomic E-state index is -0.248. The fourth-order valence-electron chi connectivity index (χ4n) is 3.02. The molecule has 5 heteroatoms. The van der Waals surface area contributed by atoms with E-state index in [2.05, 4.69) is 10.3 Å². The van der Waals surface area contributed by atoms with Crippen LogP contribution in [0.1, 0.15) is 35.8 Å². The molecule has 0 bridgehead atoms. The summed E-state index contributed by atoms with van der Waals surface area (Å²) in [4.78, 5) is 19.0. The zero-order valence-corrected chi connectivity index (χ0v) is 14.7. The van der Waals surface area contributed by atoms with Crippen molar-refractivity contribution in [2.24, 2.45) is 5.92 Å². The molecule has 25 heavy (non-hydrogen) atoms. The molecule has 3 rings (SSSR count). The fraction of sp³-hybridized carbons (Fsp3) is 0.400. The molecular weight excluding hydrogens is 317 g/mol. The lowest BCUT2D eigenvalue weighted by atomic mass is 10.1. The third-order valence-electron chi connectivity index (χ3n) is 4.42. The molecule has 0 radical (unpaired) electrons. The third kappa shape index (κ3) is 5.10. The number of aromatic nitrogens is 1. The van der Waals surface area contributed by atoms with E-state index in [0.29, 0.717) is 19.0 Å². The van der Waals surface area contributed by atoms with Crippen LogP contribution in [-0.4, -0.2) is 29.4 Å². The Morgan fingerprint density at radius 1 is 1.28 bits per heavy atom. The number of nitrogens with zero attached hydrogens (tertiary/aromatic N) is 2. The second-order valence-electron chi connectivity index (χ2n) is 6.89. The smallest absolute Gasteiger partial charge is 0.234 e. The number of aryl methyl sites for hydroxylation is 1.